The molecule has 21 heavy (non-hydrogen) atoms. The fraction of sp³-hybridized carbons (Fsp3) is 0.933. The SMILES string of the molecule is CN=C(NCCCOCC1CC1)NCCN(C)C(C)C.I. The predicted molar refractivity (Wildman–Crippen MR) is 101 cm³/mol. The van der Waals surface area contributed by atoms with Crippen LogP contribution in [0.4, 0.5) is 0 Å². The van der Waals surface area contributed by atoms with Crippen LogP contribution in [-0.2, 0) is 4.74 Å². The molecule has 1 aliphatic rings. The van der Waals surface area contributed by atoms with Gasteiger partial charge in [0.15, 0.2) is 5.96 Å². The van der Waals surface area contributed by atoms with Crippen molar-refractivity contribution in [3.05, 3.63) is 0 Å². The zero-order valence-electron chi connectivity index (χ0n) is 14.0. The summed E-state index contributed by atoms with van der Waals surface area (Å²) in [6.07, 6.45) is 3.75. The molecule has 0 radical (unpaired) electrons. The number of hydrogen-bond donors (Lipinski definition) is 2. The van der Waals surface area contributed by atoms with E-state index < -0.39 is 0 Å². The van der Waals surface area contributed by atoms with Gasteiger partial charge in [0.05, 0.1) is 0 Å². The summed E-state index contributed by atoms with van der Waals surface area (Å²) >= 11 is 0. The fourth-order valence-corrected chi connectivity index (χ4v) is 1.75. The van der Waals surface area contributed by atoms with Crippen molar-refractivity contribution in [3.63, 3.8) is 0 Å². The van der Waals surface area contributed by atoms with E-state index in [1.54, 1.807) is 0 Å². The van der Waals surface area contributed by atoms with Gasteiger partial charge in [-0.25, -0.2) is 0 Å². The predicted octanol–water partition coefficient (Wildman–Crippen LogP) is 1.93. The van der Waals surface area contributed by atoms with Crippen LogP contribution in [0, 0.1) is 5.92 Å². The lowest BCUT2D eigenvalue weighted by Crippen LogP contribution is -2.42. The molecule has 1 aliphatic carbocycles. The Morgan fingerprint density at radius 3 is 2.52 bits per heavy atom. The molecule has 5 nitrogen and oxygen atoms in total. The lowest BCUT2D eigenvalue weighted by Gasteiger charge is -2.21. The van der Waals surface area contributed by atoms with Gasteiger partial charge >= 0.3 is 0 Å². The van der Waals surface area contributed by atoms with E-state index in [1.165, 1.54) is 12.8 Å². The maximum absolute atomic E-state index is 5.61. The minimum Gasteiger partial charge on any atom is -0.381 e. The molecule has 1 fully saturated rings. The van der Waals surface area contributed by atoms with Gasteiger partial charge in [-0.15, -0.1) is 24.0 Å². The molecule has 0 aromatic rings. The minimum atomic E-state index is 0. The van der Waals surface area contributed by atoms with Crippen LogP contribution in [0.25, 0.3) is 0 Å². The summed E-state index contributed by atoms with van der Waals surface area (Å²) in [6, 6.07) is 0.579. The highest BCUT2D eigenvalue weighted by Gasteiger charge is 2.20. The van der Waals surface area contributed by atoms with Crippen LogP contribution in [-0.4, -0.2) is 63.8 Å². The zero-order valence-corrected chi connectivity index (χ0v) is 16.4. The maximum Gasteiger partial charge on any atom is 0.191 e. The molecule has 0 saturated heterocycles. The Labute approximate surface area is 147 Å². The molecule has 0 aromatic carbocycles. The number of hydrogen-bond acceptors (Lipinski definition) is 3. The third-order valence-electron chi connectivity index (χ3n) is 3.67. The first-order chi connectivity index (χ1) is 9.63. The van der Waals surface area contributed by atoms with Crippen molar-refractivity contribution in [2.45, 2.75) is 39.2 Å². The molecule has 0 heterocycles. The first-order valence-electron chi connectivity index (χ1n) is 7.86. The molecule has 6 heteroatoms. The first kappa shape index (κ1) is 20.9. The van der Waals surface area contributed by atoms with Crippen LogP contribution in [0.3, 0.4) is 0 Å². The van der Waals surface area contributed by atoms with Gasteiger partial charge in [0.1, 0.15) is 0 Å². The summed E-state index contributed by atoms with van der Waals surface area (Å²) in [5, 5.41) is 6.65. The first-order valence-corrected chi connectivity index (χ1v) is 7.86. The Hall–Kier alpha value is -0.0800. The van der Waals surface area contributed by atoms with Crippen molar-refractivity contribution in [2.24, 2.45) is 10.9 Å². The standard InChI is InChI=1S/C15H32N4O.HI/c1-13(2)19(4)10-9-18-15(16-3)17-8-5-11-20-12-14-6-7-14;/h13-14H,5-12H2,1-4H3,(H2,16,17,18);1H. The average molecular weight is 412 g/mol. The number of rotatable bonds is 10. The van der Waals surface area contributed by atoms with Crippen LogP contribution in [0.2, 0.25) is 0 Å². The fourth-order valence-electron chi connectivity index (χ4n) is 1.75. The quantitative estimate of drug-likeness (QED) is 0.249. The summed E-state index contributed by atoms with van der Waals surface area (Å²) in [5.74, 6) is 1.74. The molecule has 2 N–H and O–H groups in total. The summed E-state index contributed by atoms with van der Waals surface area (Å²) < 4.78 is 5.61. The van der Waals surface area contributed by atoms with E-state index in [4.69, 9.17) is 4.74 Å². The van der Waals surface area contributed by atoms with Gasteiger partial charge in [0, 0.05) is 45.9 Å². The number of nitrogens with one attached hydrogen (secondary N) is 2. The van der Waals surface area contributed by atoms with Gasteiger partial charge in [0.2, 0.25) is 0 Å². The zero-order chi connectivity index (χ0) is 14.8. The van der Waals surface area contributed by atoms with Gasteiger partial charge < -0.3 is 20.3 Å². The Morgan fingerprint density at radius 2 is 1.95 bits per heavy atom. The van der Waals surface area contributed by atoms with E-state index in [-0.39, 0.29) is 24.0 Å². The third kappa shape index (κ3) is 11.2. The van der Waals surface area contributed by atoms with Crippen molar-refractivity contribution in [3.8, 4) is 0 Å². The molecule has 126 valence electrons. The van der Waals surface area contributed by atoms with Crippen LogP contribution in [0.5, 0.6) is 0 Å². The largest absolute Gasteiger partial charge is 0.381 e. The molecule has 0 aliphatic heterocycles. The molecular formula is C15H33IN4O. The second kappa shape index (κ2) is 12.5. The second-order valence-corrected chi connectivity index (χ2v) is 5.87. The molecule has 1 saturated carbocycles. The third-order valence-corrected chi connectivity index (χ3v) is 3.67. The van der Waals surface area contributed by atoms with E-state index in [0.717, 1.165) is 51.1 Å². The molecule has 0 unspecified atom stereocenters. The van der Waals surface area contributed by atoms with E-state index in [0.29, 0.717) is 6.04 Å². The summed E-state index contributed by atoms with van der Waals surface area (Å²) in [6.45, 7) is 9.04. The summed E-state index contributed by atoms with van der Waals surface area (Å²) in [5.41, 5.74) is 0. The highest BCUT2D eigenvalue weighted by Crippen LogP contribution is 2.28. The van der Waals surface area contributed by atoms with E-state index in [2.05, 4.69) is 41.4 Å². The van der Waals surface area contributed by atoms with E-state index in [9.17, 15) is 0 Å². The van der Waals surface area contributed by atoms with Gasteiger partial charge in [0.25, 0.3) is 0 Å². The number of nitrogens with zero attached hydrogens (tertiary/aromatic N) is 2. The minimum absolute atomic E-state index is 0. The number of aliphatic imine (C=N–C) groups is 1. The molecule has 0 bridgehead atoms. The smallest absolute Gasteiger partial charge is 0.191 e. The van der Waals surface area contributed by atoms with Crippen molar-refractivity contribution < 1.29 is 4.74 Å². The highest BCUT2D eigenvalue weighted by atomic mass is 127. The van der Waals surface area contributed by atoms with Crippen LogP contribution >= 0.6 is 24.0 Å². The van der Waals surface area contributed by atoms with E-state index >= 15 is 0 Å². The van der Waals surface area contributed by atoms with Crippen molar-refractivity contribution in [1.29, 1.82) is 0 Å². The van der Waals surface area contributed by atoms with Crippen molar-refractivity contribution in [1.82, 2.24) is 15.5 Å². The monoisotopic (exact) mass is 412 g/mol. The van der Waals surface area contributed by atoms with Gasteiger partial charge in [-0.3, -0.25) is 4.99 Å². The lowest BCUT2D eigenvalue weighted by atomic mass is 10.3. The number of likely N-dealkylation sites (N-methyl/N-ethyl adjacent to an activating group) is 1. The Kier molecular flexibility index (Phi) is 12.4. The number of ether oxygens (including phenoxy) is 1. The second-order valence-electron chi connectivity index (χ2n) is 5.87. The van der Waals surface area contributed by atoms with Gasteiger partial charge in [-0.05, 0) is 46.1 Å². The topological polar surface area (TPSA) is 48.9 Å². The maximum atomic E-state index is 5.61. The lowest BCUT2D eigenvalue weighted by molar-refractivity contribution is 0.123. The summed E-state index contributed by atoms with van der Waals surface area (Å²) in [7, 11) is 3.95. The average Bonchev–Trinajstić information content (AvgIpc) is 3.24. The summed E-state index contributed by atoms with van der Waals surface area (Å²) in [4.78, 5) is 6.53. The van der Waals surface area contributed by atoms with Crippen molar-refractivity contribution >= 4 is 29.9 Å². The van der Waals surface area contributed by atoms with Crippen LogP contribution in [0.15, 0.2) is 4.99 Å². The molecule has 0 amide bonds. The van der Waals surface area contributed by atoms with Gasteiger partial charge in [-0.2, -0.15) is 0 Å². The Balaban J connectivity index is 0.00000400. The highest BCUT2D eigenvalue weighted by molar-refractivity contribution is 14.0. The molecule has 0 aromatic heterocycles. The van der Waals surface area contributed by atoms with Crippen molar-refractivity contribution in [2.75, 3.05) is 46.9 Å². The Bertz CT molecular complexity index is 283. The molecule has 1 rings (SSSR count). The van der Waals surface area contributed by atoms with E-state index in [1.807, 2.05) is 7.05 Å². The Morgan fingerprint density at radius 1 is 1.29 bits per heavy atom. The number of halogens is 1. The normalized spacial score (nSPS) is 15.2. The van der Waals surface area contributed by atoms with Crippen LogP contribution < -0.4 is 10.6 Å². The number of guanidine groups is 1. The molecular weight excluding hydrogens is 379 g/mol. The van der Waals surface area contributed by atoms with Gasteiger partial charge in [-0.1, -0.05) is 0 Å². The molecule has 0 atom stereocenters. The van der Waals surface area contributed by atoms with Crippen LogP contribution in [0.1, 0.15) is 33.1 Å². The molecule has 0 spiro atoms.